The topological polar surface area (TPSA) is 0 Å². The fraction of sp³-hybridized carbons (Fsp3) is 1.00. The number of hydrogen-bond donors (Lipinski definition) is 0. The van der Waals surface area contributed by atoms with Crippen LogP contribution in [-0.2, 0) is 6.23 Å². The summed E-state index contributed by atoms with van der Waals surface area (Å²) in [6, 6.07) is 0. The Hall–Kier alpha value is 1.07. The van der Waals surface area contributed by atoms with Crippen molar-refractivity contribution in [1.82, 2.24) is 0 Å². The number of halogens is 2. The zero-order valence-corrected chi connectivity index (χ0v) is 9.53. The van der Waals surface area contributed by atoms with Crippen molar-refractivity contribution in [2.45, 2.75) is 48.9 Å². The maximum atomic E-state index is 1.58. The Morgan fingerprint density at radius 2 is 0.538 bits per heavy atom. The first-order chi connectivity index (χ1) is 5.16. The average Bonchev–Trinajstić information content (AvgIpc) is 3.01. The fourth-order valence-electron chi connectivity index (χ4n) is 14.0. The molecule has 0 atom stereocenters. The van der Waals surface area contributed by atoms with E-state index >= 15 is 0 Å². The summed E-state index contributed by atoms with van der Waals surface area (Å²) in [6.45, 7) is 0. The van der Waals surface area contributed by atoms with Gasteiger partial charge in [0.15, 0.2) is 0 Å². The molecule has 0 N–H and O–H groups in total. The minimum atomic E-state index is -2.11. The molecule has 0 aromatic carbocycles. The number of fused-ring (bicyclic) bond motifs is 10. The van der Waals surface area contributed by atoms with Crippen LogP contribution in [0.1, 0.15) is 0 Å². The first kappa shape index (κ1) is 5.42. The minimum absolute atomic E-state index is 0. The van der Waals surface area contributed by atoms with Crippen LogP contribution < -0.4 is 0 Å². The standard InChI is InChI=1S/2C5H5.2ClH.Ni/c2*1-2-4-5-3-1;;;/h2*1-5H;2*1H;. The summed E-state index contributed by atoms with van der Waals surface area (Å²) in [4.78, 5) is 15.8. The van der Waals surface area contributed by atoms with E-state index in [4.69, 9.17) is 0 Å². The van der Waals surface area contributed by atoms with Crippen molar-refractivity contribution in [3.05, 3.63) is 0 Å². The van der Waals surface area contributed by atoms with Crippen LogP contribution in [-0.4, -0.2) is 0 Å². The maximum absolute atomic E-state index is 2.11. The van der Waals surface area contributed by atoms with Crippen LogP contribution in [0, 0.1) is 0 Å². The van der Waals surface area contributed by atoms with Gasteiger partial charge >= 0.3 is 55.1 Å². The van der Waals surface area contributed by atoms with E-state index in [9.17, 15) is 0 Å². The zero-order chi connectivity index (χ0) is 6.09. The molecule has 76 valence electrons. The predicted molar refractivity (Wildman–Crippen MR) is 52.0 cm³/mol. The van der Waals surface area contributed by atoms with E-state index in [0.29, 0.717) is 0 Å². The Bertz CT molecular complexity index is 580. The molecule has 0 aliphatic carbocycles. The molecule has 10 aliphatic heterocycles. The van der Waals surface area contributed by atoms with E-state index in [-0.39, 0.29) is 24.8 Å². The summed E-state index contributed by atoms with van der Waals surface area (Å²) in [7, 11) is 0. The molecule has 13 heavy (non-hydrogen) atoms. The molecule has 10 aliphatic rings. The van der Waals surface area contributed by atoms with Gasteiger partial charge in [0.1, 0.15) is 0 Å². The normalized spacial score (nSPS) is 145. The third-order valence-electron chi connectivity index (χ3n) is 13.1. The Kier molecular flexibility index (Phi) is 0.137. The Morgan fingerprint density at radius 3 is 0.538 bits per heavy atom. The molecule has 10 rings (SSSR count). The second-order valence-corrected chi connectivity index (χ2v) is 30.2. The first-order valence-corrected chi connectivity index (χ1v) is 10.9. The molecule has 10 fully saturated rings. The third-order valence-corrected chi connectivity index (χ3v) is 50.6. The van der Waals surface area contributed by atoms with Gasteiger partial charge in [-0.2, -0.15) is 0 Å². The van der Waals surface area contributed by atoms with E-state index < -0.39 is 6.23 Å². The SMILES string of the molecule is Cl.Cl.[CH]12[CH]3[CH]4[CH]5[CH]1[Ni]23451678[CH]2[CH]1[CH]6[CH]7[CH]28. The van der Waals surface area contributed by atoms with Gasteiger partial charge in [-0.3, -0.25) is 0 Å². The van der Waals surface area contributed by atoms with Crippen molar-refractivity contribution in [2.24, 2.45) is 0 Å². The molecule has 0 radical (unpaired) electrons. The fourth-order valence-corrected chi connectivity index (χ4v) is 75.7. The Labute approximate surface area is 79.8 Å². The van der Waals surface area contributed by atoms with Gasteiger partial charge in [0, 0.05) is 0 Å². The van der Waals surface area contributed by atoms with Crippen molar-refractivity contribution in [2.75, 3.05) is 0 Å². The molecular formula is C10H12Cl2Ni. The first-order valence-electron chi connectivity index (χ1n) is 5.16. The van der Waals surface area contributed by atoms with Crippen LogP contribution in [0.5, 0.6) is 0 Å². The molecule has 0 aromatic rings. The van der Waals surface area contributed by atoms with Crippen LogP contribution in [0.2, 0.25) is 48.9 Å². The summed E-state index contributed by atoms with van der Waals surface area (Å²) >= 11 is 0. The molecule has 0 nitrogen and oxygen atoms in total. The van der Waals surface area contributed by atoms with Crippen molar-refractivity contribution >= 4 is 24.8 Å². The molecular weight excluding hydrogens is 250 g/mol. The second kappa shape index (κ2) is 0.329. The summed E-state index contributed by atoms with van der Waals surface area (Å²) in [5.74, 6) is 0. The van der Waals surface area contributed by atoms with Crippen LogP contribution in [0.3, 0.4) is 0 Å². The molecule has 0 saturated carbocycles. The monoisotopic (exact) mass is 260 g/mol. The molecule has 0 amide bonds. The van der Waals surface area contributed by atoms with E-state index in [1.807, 2.05) is 0 Å². The molecule has 10 saturated heterocycles. The van der Waals surface area contributed by atoms with E-state index in [0.717, 1.165) is 0 Å². The van der Waals surface area contributed by atoms with Gasteiger partial charge < -0.3 is 0 Å². The summed E-state index contributed by atoms with van der Waals surface area (Å²) in [5.41, 5.74) is 0. The molecule has 0 aromatic heterocycles. The molecule has 0 bridgehead atoms. The molecule has 3 heteroatoms. The van der Waals surface area contributed by atoms with Crippen LogP contribution in [0.15, 0.2) is 0 Å². The second-order valence-electron chi connectivity index (χ2n) is 8.78. The van der Waals surface area contributed by atoms with Crippen molar-refractivity contribution in [3.63, 3.8) is 0 Å². The van der Waals surface area contributed by atoms with Crippen molar-refractivity contribution < 1.29 is 6.23 Å². The average molecular weight is 262 g/mol. The third kappa shape index (κ3) is 0.0397. The van der Waals surface area contributed by atoms with Crippen molar-refractivity contribution in [1.29, 1.82) is 0 Å². The van der Waals surface area contributed by atoms with Crippen LogP contribution in [0.25, 0.3) is 0 Å². The summed E-state index contributed by atoms with van der Waals surface area (Å²) in [6.07, 6.45) is -2.11. The predicted octanol–water partition coefficient (Wildman–Crippen LogP) is 4.22. The van der Waals surface area contributed by atoms with Gasteiger partial charge in [0.2, 0.25) is 0 Å². The zero-order valence-electron chi connectivity index (χ0n) is 6.91. The molecule has 0 unspecified atom stereocenters. The van der Waals surface area contributed by atoms with Gasteiger partial charge in [0.05, 0.1) is 0 Å². The van der Waals surface area contributed by atoms with Gasteiger partial charge in [-0.15, -0.1) is 24.8 Å². The van der Waals surface area contributed by atoms with E-state index in [1.54, 1.807) is 48.9 Å². The van der Waals surface area contributed by atoms with Crippen LogP contribution >= 0.6 is 24.8 Å². The van der Waals surface area contributed by atoms with Crippen LogP contribution in [0.4, 0.5) is 0 Å². The number of rotatable bonds is 0. The quantitative estimate of drug-likeness (QED) is 0.573. The van der Waals surface area contributed by atoms with E-state index in [2.05, 4.69) is 0 Å². The van der Waals surface area contributed by atoms with Gasteiger partial charge in [0.25, 0.3) is 0 Å². The molecule has 10 heterocycles. The van der Waals surface area contributed by atoms with E-state index in [1.165, 1.54) is 0 Å². The number of hydrogen-bond acceptors (Lipinski definition) is 0. The summed E-state index contributed by atoms with van der Waals surface area (Å²) < 4.78 is 0. The molecule has 1 spiro atoms. The summed E-state index contributed by atoms with van der Waals surface area (Å²) in [5, 5.41) is 0. The Balaban J connectivity index is 0.000000222. The van der Waals surface area contributed by atoms with Crippen molar-refractivity contribution in [3.8, 4) is 0 Å². The van der Waals surface area contributed by atoms with Gasteiger partial charge in [-0.1, -0.05) is 0 Å². The van der Waals surface area contributed by atoms with Gasteiger partial charge in [-0.25, -0.2) is 0 Å². The Morgan fingerprint density at radius 1 is 0.385 bits per heavy atom. The van der Waals surface area contributed by atoms with Gasteiger partial charge in [-0.05, 0) is 0 Å².